The Kier molecular flexibility index (Phi) is 5.66. The summed E-state index contributed by atoms with van der Waals surface area (Å²) in [5.41, 5.74) is 0. The molecule has 5 aliphatic heterocycles. The lowest BCUT2D eigenvalue weighted by atomic mass is 10.9. The Balaban J connectivity index is 1.26. The SMILES string of the molecule is C1CSC2=C(S1)SC(=C1SC3=C(S1)SC(C1SCCS1)S3)S2. The van der Waals surface area contributed by atoms with E-state index in [9.17, 15) is 0 Å². The van der Waals surface area contributed by atoms with Crippen LogP contribution in [-0.2, 0) is 0 Å². The van der Waals surface area contributed by atoms with E-state index in [0.29, 0.717) is 0 Å². The summed E-state index contributed by atoms with van der Waals surface area (Å²) in [5.74, 6) is 5.23. The molecule has 5 rings (SSSR count). The van der Waals surface area contributed by atoms with Gasteiger partial charge in [-0.15, -0.1) is 70.6 Å². The first kappa shape index (κ1) is 16.9. The van der Waals surface area contributed by atoms with E-state index in [-0.39, 0.29) is 0 Å². The Bertz CT molecular complexity index is 559. The largest absolute Gasteiger partial charge is 0.145 e. The third-order valence-corrected chi connectivity index (χ3v) is 19.3. The number of rotatable bonds is 1. The molecule has 0 spiro atoms. The van der Waals surface area contributed by atoms with Crippen molar-refractivity contribution in [2.45, 2.75) is 9.16 Å². The zero-order chi connectivity index (χ0) is 14.5. The molecule has 0 unspecified atom stereocenters. The summed E-state index contributed by atoms with van der Waals surface area (Å²) in [7, 11) is 0. The van der Waals surface area contributed by atoms with Gasteiger partial charge < -0.3 is 0 Å². The summed E-state index contributed by atoms with van der Waals surface area (Å²) in [4.78, 5) is 0. The average molecular weight is 475 g/mol. The molecule has 5 heterocycles. The van der Waals surface area contributed by atoms with Crippen molar-refractivity contribution in [3.8, 4) is 0 Å². The van der Waals surface area contributed by atoms with Crippen LogP contribution in [0.5, 0.6) is 0 Å². The molecule has 0 aliphatic carbocycles. The quantitative estimate of drug-likeness (QED) is 0.374. The van der Waals surface area contributed by atoms with Crippen molar-refractivity contribution in [1.29, 1.82) is 0 Å². The summed E-state index contributed by atoms with van der Waals surface area (Å²) in [6, 6.07) is 0. The molecule has 0 aromatic carbocycles. The second-order valence-electron chi connectivity index (χ2n) is 4.54. The molecule has 0 radical (unpaired) electrons. The summed E-state index contributed by atoms with van der Waals surface area (Å²) in [5, 5.41) is 0. The monoisotopic (exact) mass is 474 g/mol. The molecular formula is C12H10S10. The van der Waals surface area contributed by atoms with Gasteiger partial charge in [-0.1, -0.05) is 47.0 Å². The minimum atomic E-state index is 0.746. The van der Waals surface area contributed by atoms with Crippen LogP contribution in [0.1, 0.15) is 0 Å². The van der Waals surface area contributed by atoms with E-state index in [1.807, 2.05) is 47.0 Å². The Hall–Kier alpha value is 2.72. The highest BCUT2D eigenvalue weighted by Gasteiger charge is 2.40. The molecule has 10 heteroatoms. The fourth-order valence-electron chi connectivity index (χ4n) is 2.18. The van der Waals surface area contributed by atoms with Crippen LogP contribution in [0.25, 0.3) is 0 Å². The van der Waals surface area contributed by atoms with Crippen molar-refractivity contribution in [2.24, 2.45) is 0 Å². The van der Waals surface area contributed by atoms with Crippen LogP contribution >= 0.6 is 118 Å². The predicted molar refractivity (Wildman–Crippen MR) is 124 cm³/mol. The predicted octanol–water partition coefficient (Wildman–Crippen LogP) is 7.42. The molecule has 5 aliphatic rings. The Labute approximate surface area is 173 Å². The lowest BCUT2D eigenvalue weighted by Crippen LogP contribution is -2.07. The highest BCUT2D eigenvalue weighted by molar-refractivity contribution is 8.48. The van der Waals surface area contributed by atoms with Gasteiger partial charge in [0.25, 0.3) is 0 Å². The standard InChI is InChI=1S/C12H10S10/c1-2-14-5(13-1)8-19-11-12(20-8)22-10(21-11)9-17-6-7(18-9)16-4-3-15-6/h5,8H,1-4H2. The van der Waals surface area contributed by atoms with Gasteiger partial charge in [0, 0.05) is 23.0 Å². The van der Waals surface area contributed by atoms with Crippen molar-refractivity contribution in [1.82, 2.24) is 0 Å². The van der Waals surface area contributed by atoms with E-state index in [1.165, 1.54) is 23.0 Å². The van der Waals surface area contributed by atoms with Gasteiger partial charge in [-0.25, -0.2) is 0 Å². The van der Waals surface area contributed by atoms with Crippen LogP contribution in [0.15, 0.2) is 25.4 Å². The van der Waals surface area contributed by atoms with Gasteiger partial charge in [0.05, 0.1) is 34.6 Å². The number of hydrogen-bond acceptors (Lipinski definition) is 10. The number of thioether (sulfide) groups is 10. The van der Waals surface area contributed by atoms with E-state index in [0.717, 1.165) is 9.16 Å². The van der Waals surface area contributed by atoms with Crippen LogP contribution in [-0.4, -0.2) is 32.2 Å². The molecule has 0 aromatic heterocycles. The van der Waals surface area contributed by atoms with E-state index in [4.69, 9.17) is 0 Å². The third-order valence-electron chi connectivity index (χ3n) is 3.11. The normalized spacial score (nSPS) is 30.0. The van der Waals surface area contributed by atoms with Crippen molar-refractivity contribution < 1.29 is 0 Å². The lowest BCUT2D eigenvalue weighted by Gasteiger charge is -2.16. The molecule has 1 fully saturated rings. The maximum Gasteiger partial charge on any atom is 0.0818 e. The first-order chi connectivity index (χ1) is 10.9. The van der Waals surface area contributed by atoms with Crippen LogP contribution in [0.2, 0.25) is 0 Å². The highest BCUT2D eigenvalue weighted by atomic mass is 32.3. The molecule has 1 saturated heterocycles. The number of hydrogen-bond donors (Lipinski definition) is 0. The van der Waals surface area contributed by atoms with Crippen LogP contribution < -0.4 is 0 Å². The van der Waals surface area contributed by atoms with E-state index >= 15 is 0 Å². The first-order valence-corrected chi connectivity index (χ1v) is 15.7. The summed E-state index contributed by atoms with van der Waals surface area (Å²) in [6.45, 7) is 0. The highest BCUT2D eigenvalue weighted by Crippen LogP contribution is 2.71. The fourth-order valence-corrected chi connectivity index (χ4v) is 19.1. The smallest absolute Gasteiger partial charge is 0.0818 e. The molecule has 0 N–H and O–H groups in total. The zero-order valence-electron chi connectivity index (χ0n) is 11.1. The maximum atomic E-state index is 2.16. The fraction of sp³-hybridized carbons (Fsp3) is 0.500. The molecular weight excluding hydrogens is 465 g/mol. The van der Waals surface area contributed by atoms with Gasteiger partial charge >= 0.3 is 0 Å². The van der Waals surface area contributed by atoms with Crippen molar-refractivity contribution >= 4 is 118 Å². The third kappa shape index (κ3) is 3.33. The minimum Gasteiger partial charge on any atom is -0.145 e. The van der Waals surface area contributed by atoms with Gasteiger partial charge in [-0.05, 0) is 0 Å². The van der Waals surface area contributed by atoms with E-state index in [2.05, 4.69) is 70.6 Å². The van der Waals surface area contributed by atoms with Crippen molar-refractivity contribution in [2.75, 3.05) is 23.0 Å². The van der Waals surface area contributed by atoms with Gasteiger partial charge in [-0.3, -0.25) is 0 Å². The first-order valence-electron chi connectivity index (χ1n) is 6.63. The van der Waals surface area contributed by atoms with Crippen LogP contribution in [0.4, 0.5) is 0 Å². The van der Waals surface area contributed by atoms with Crippen molar-refractivity contribution in [3.63, 3.8) is 0 Å². The molecule has 0 nitrogen and oxygen atoms in total. The molecule has 0 atom stereocenters. The second-order valence-corrected chi connectivity index (χ2v) is 17.8. The van der Waals surface area contributed by atoms with Gasteiger partial charge in [0.2, 0.25) is 0 Å². The molecule has 0 aromatic rings. The maximum absolute atomic E-state index is 2.16. The lowest BCUT2D eigenvalue weighted by molar-refractivity contribution is 1.39. The Morgan fingerprint density at radius 1 is 0.500 bits per heavy atom. The summed E-state index contributed by atoms with van der Waals surface area (Å²) < 4.78 is 10.9. The summed E-state index contributed by atoms with van der Waals surface area (Å²) >= 11 is 20.8. The second kappa shape index (κ2) is 7.38. The topological polar surface area (TPSA) is 0 Å². The summed E-state index contributed by atoms with van der Waals surface area (Å²) in [6.07, 6.45) is 0. The molecule has 22 heavy (non-hydrogen) atoms. The van der Waals surface area contributed by atoms with E-state index < -0.39 is 0 Å². The minimum absolute atomic E-state index is 0.746. The Morgan fingerprint density at radius 2 is 1.00 bits per heavy atom. The zero-order valence-corrected chi connectivity index (χ0v) is 19.2. The van der Waals surface area contributed by atoms with Crippen molar-refractivity contribution in [3.05, 3.63) is 25.4 Å². The average Bonchev–Trinajstić information content (AvgIpc) is 3.27. The van der Waals surface area contributed by atoms with E-state index in [1.54, 1.807) is 25.4 Å². The van der Waals surface area contributed by atoms with Crippen LogP contribution in [0.3, 0.4) is 0 Å². The van der Waals surface area contributed by atoms with Gasteiger partial charge in [0.15, 0.2) is 0 Å². The van der Waals surface area contributed by atoms with Crippen LogP contribution in [0, 0.1) is 0 Å². The van der Waals surface area contributed by atoms with Gasteiger partial charge in [-0.2, -0.15) is 0 Å². The molecule has 118 valence electrons. The molecule has 0 bridgehead atoms. The molecule has 0 amide bonds. The molecule has 0 saturated carbocycles. The van der Waals surface area contributed by atoms with Gasteiger partial charge in [0.1, 0.15) is 0 Å². The Morgan fingerprint density at radius 3 is 1.55 bits per heavy atom.